The lowest BCUT2D eigenvalue weighted by Crippen LogP contribution is -2.52. The second-order valence-electron chi connectivity index (χ2n) is 5.50. The number of nitrogens with one attached hydrogen (secondary N) is 2. The highest BCUT2D eigenvalue weighted by Gasteiger charge is 2.45. The third-order valence-corrected chi connectivity index (χ3v) is 4.74. The van der Waals surface area contributed by atoms with E-state index in [4.69, 9.17) is 0 Å². The van der Waals surface area contributed by atoms with Crippen molar-refractivity contribution in [1.82, 2.24) is 10.2 Å². The molecule has 0 spiro atoms. The number of hydrogen-bond acceptors (Lipinski definition) is 4. The van der Waals surface area contributed by atoms with Crippen molar-refractivity contribution in [3.05, 3.63) is 24.3 Å². The van der Waals surface area contributed by atoms with E-state index < -0.39 is 4.75 Å². The van der Waals surface area contributed by atoms with Crippen molar-refractivity contribution in [2.24, 2.45) is 0 Å². The van der Waals surface area contributed by atoms with Gasteiger partial charge in [-0.1, -0.05) is 23.9 Å². The first-order valence-electron chi connectivity index (χ1n) is 6.96. The average Bonchev–Trinajstić information content (AvgIpc) is 2.44. The Morgan fingerprint density at radius 3 is 2.81 bits per heavy atom. The Balaban J connectivity index is 2.01. The molecule has 0 saturated heterocycles. The van der Waals surface area contributed by atoms with Gasteiger partial charge in [-0.05, 0) is 46.1 Å². The van der Waals surface area contributed by atoms with E-state index in [0.29, 0.717) is 6.54 Å². The Labute approximate surface area is 129 Å². The lowest BCUT2D eigenvalue weighted by molar-refractivity contribution is -0.129. The molecule has 21 heavy (non-hydrogen) atoms. The lowest BCUT2D eigenvalue weighted by Gasteiger charge is -2.31. The third-order valence-electron chi connectivity index (χ3n) is 3.38. The molecule has 0 aliphatic carbocycles. The van der Waals surface area contributed by atoms with Gasteiger partial charge < -0.3 is 15.5 Å². The van der Waals surface area contributed by atoms with Crippen molar-refractivity contribution in [2.45, 2.75) is 23.0 Å². The summed E-state index contributed by atoms with van der Waals surface area (Å²) in [7, 11) is 3.98. The number of thioether (sulfide) groups is 1. The number of para-hydroxylation sites is 1. The van der Waals surface area contributed by atoms with Crippen molar-refractivity contribution in [3.8, 4) is 0 Å². The molecule has 1 heterocycles. The molecule has 1 aliphatic rings. The Morgan fingerprint density at radius 1 is 1.38 bits per heavy atom. The Morgan fingerprint density at radius 2 is 2.10 bits per heavy atom. The zero-order chi connectivity index (χ0) is 15.5. The molecule has 1 unspecified atom stereocenters. The van der Waals surface area contributed by atoms with Crippen LogP contribution in [0.3, 0.4) is 0 Å². The number of hydrogen-bond donors (Lipinski definition) is 2. The zero-order valence-corrected chi connectivity index (χ0v) is 13.4. The van der Waals surface area contributed by atoms with Crippen LogP contribution in [0.25, 0.3) is 0 Å². The molecule has 2 rings (SSSR count). The maximum atomic E-state index is 12.4. The predicted molar refractivity (Wildman–Crippen MR) is 85.5 cm³/mol. The Hall–Kier alpha value is -1.53. The molecule has 0 fully saturated rings. The predicted octanol–water partition coefficient (Wildman–Crippen LogP) is 1.56. The highest BCUT2D eigenvalue weighted by Crippen LogP contribution is 2.42. The topological polar surface area (TPSA) is 61.4 Å². The highest BCUT2D eigenvalue weighted by molar-refractivity contribution is 8.02. The van der Waals surface area contributed by atoms with Crippen molar-refractivity contribution in [1.29, 1.82) is 0 Å². The van der Waals surface area contributed by atoms with Crippen molar-refractivity contribution >= 4 is 29.3 Å². The largest absolute Gasteiger partial charge is 0.354 e. The summed E-state index contributed by atoms with van der Waals surface area (Å²) in [5.41, 5.74) is 0.769. The number of carbonyl (C=O) groups is 2. The summed E-state index contributed by atoms with van der Waals surface area (Å²) in [5, 5.41) is 5.67. The van der Waals surface area contributed by atoms with Gasteiger partial charge in [0.05, 0.1) is 5.69 Å². The number of fused-ring (bicyclic) bond motifs is 1. The number of benzene rings is 1. The summed E-state index contributed by atoms with van der Waals surface area (Å²) in [6, 6.07) is 7.52. The van der Waals surface area contributed by atoms with E-state index in [-0.39, 0.29) is 11.8 Å². The number of rotatable bonds is 5. The molecule has 0 aromatic heterocycles. The van der Waals surface area contributed by atoms with Crippen LogP contribution in [-0.2, 0) is 9.59 Å². The minimum absolute atomic E-state index is 0.238. The van der Waals surface area contributed by atoms with Crippen molar-refractivity contribution in [3.63, 3.8) is 0 Å². The summed E-state index contributed by atoms with van der Waals surface area (Å²) < 4.78 is -1.12. The minimum Gasteiger partial charge on any atom is -0.354 e. The molecular weight excluding hydrogens is 286 g/mol. The number of amides is 2. The first-order chi connectivity index (χ1) is 9.93. The van der Waals surface area contributed by atoms with Crippen molar-refractivity contribution < 1.29 is 9.59 Å². The van der Waals surface area contributed by atoms with Crippen LogP contribution in [0.4, 0.5) is 5.69 Å². The average molecular weight is 307 g/mol. The molecule has 0 saturated carbocycles. The molecule has 1 aliphatic heterocycles. The van der Waals surface area contributed by atoms with Crippen LogP contribution in [0.15, 0.2) is 29.2 Å². The van der Waals surface area contributed by atoms with Crippen LogP contribution in [-0.4, -0.2) is 48.6 Å². The van der Waals surface area contributed by atoms with Gasteiger partial charge in [0.25, 0.3) is 0 Å². The molecule has 2 amide bonds. The smallest absolute Gasteiger partial charge is 0.250 e. The molecule has 1 atom stereocenters. The van der Waals surface area contributed by atoms with E-state index in [1.165, 1.54) is 11.8 Å². The van der Waals surface area contributed by atoms with E-state index in [9.17, 15) is 9.59 Å². The van der Waals surface area contributed by atoms with Gasteiger partial charge in [-0.2, -0.15) is 0 Å². The lowest BCUT2D eigenvalue weighted by atomic mass is 10.1. The number of carbonyl (C=O) groups excluding carboxylic acids is 2. The Bertz CT molecular complexity index is 547. The first-order valence-corrected chi connectivity index (χ1v) is 7.77. The first kappa shape index (κ1) is 15.9. The summed E-state index contributed by atoms with van der Waals surface area (Å²) in [6.07, 6.45) is 0.859. The highest BCUT2D eigenvalue weighted by atomic mass is 32.2. The van der Waals surface area contributed by atoms with Gasteiger partial charge >= 0.3 is 0 Å². The van der Waals surface area contributed by atoms with Gasteiger partial charge in [-0.15, -0.1) is 0 Å². The normalized spacial score (nSPS) is 20.9. The van der Waals surface area contributed by atoms with Gasteiger partial charge in [-0.25, -0.2) is 0 Å². The molecule has 6 heteroatoms. The van der Waals surface area contributed by atoms with Gasteiger partial charge in [0.1, 0.15) is 0 Å². The maximum absolute atomic E-state index is 12.4. The molecule has 2 N–H and O–H groups in total. The van der Waals surface area contributed by atoms with Crippen LogP contribution in [0.1, 0.15) is 13.3 Å². The summed E-state index contributed by atoms with van der Waals surface area (Å²) in [5.74, 6) is -0.505. The fraction of sp³-hybridized carbons (Fsp3) is 0.467. The fourth-order valence-electron chi connectivity index (χ4n) is 2.08. The molecule has 114 valence electrons. The van der Waals surface area contributed by atoms with Gasteiger partial charge in [0, 0.05) is 11.4 Å². The van der Waals surface area contributed by atoms with E-state index in [1.54, 1.807) is 6.92 Å². The summed E-state index contributed by atoms with van der Waals surface area (Å²) in [6.45, 7) is 3.14. The van der Waals surface area contributed by atoms with E-state index in [2.05, 4.69) is 15.5 Å². The summed E-state index contributed by atoms with van der Waals surface area (Å²) >= 11 is 1.31. The van der Waals surface area contributed by atoms with Crippen LogP contribution in [0.5, 0.6) is 0 Å². The zero-order valence-electron chi connectivity index (χ0n) is 12.6. The second kappa shape index (κ2) is 6.49. The van der Waals surface area contributed by atoms with E-state index in [1.807, 2.05) is 38.4 Å². The van der Waals surface area contributed by atoms with Gasteiger partial charge in [0.15, 0.2) is 4.75 Å². The fourth-order valence-corrected chi connectivity index (χ4v) is 3.21. The van der Waals surface area contributed by atoms with Crippen LogP contribution < -0.4 is 10.6 Å². The van der Waals surface area contributed by atoms with Gasteiger partial charge in [-0.3, -0.25) is 9.59 Å². The van der Waals surface area contributed by atoms with E-state index in [0.717, 1.165) is 23.5 Å². The molecular formula is C15H21N3O2S. The Kier molecular flexibility index (Phi) is 4.90. The second-order valence-corrected chi connectivity index (χ2v) is 6.96. The third kappa shape index (κ3) is 3.57. The van der Waals surface area contributed by atoms with Crippen LogP contribution in [0.2, 0.25) is 0 Å². The monoisotopic (exact) mass is 307 g/mol. The van der Waals surface area contributed by atoms with Crippen LogP contribution >= 0.6 is 11.8 Å². The van der Waals surface area contributed by atoms with Crippen molar-refractivity contribution in [2.75, 3.05) is 32.5 Å². The standard InChI is InChI=1S/C15H21N3O2S/c1-15(13(19)16-9-6-10-18(2)3)14(20)17-11-7-4-5-8-12(11)21-15/h4-5,7-8H,6,9-10H2,1-3H3,(H,16,19)(H,17,20). The quantitative estimate of drug-likeness (QED) is 0.640. The SMILES string of the molecule is CN(C)CCCNC(=O)C1(C)Sc2ccccc2NC1=O. The number of anilines is 1. The molecule has 0 bridgehead atoms. The molecule has 0 radical (unpaired) electrons. The molecule has 5 nitrogen and oxygen atoms in total. The summed E-state index contributed by atoms with van der Waals surface area (Å²) in [4.78, 5) is 27.6. The minimum atomic E-state index is -1.12. The maximum Gasteiger partial charge on any atom is 0.250 e. The molecule has 1 aromatic rings. The van der Waals surface area contributed by atoms with E-state index >= 15 is 0 Å². The van der Waals surface area contributed by atoms with Crippen LogP contribution in [0, 0.1) is 0 Å². The molecule has 1 aromatic carbocycles. The number of nitrogens with zero attached hydrogens (tertiary/aromatic N) is 1. The van der Waals surface area contributed by atoms with Gasteiger partial charge in [0.2, 0.25) is 11.8 Å².